The van der Waals surface area contributed by atoms with Crippen LogP contribution in [0.1, 0.15) is 22.3 Å². The van der Waals surface area contributed by atoms with E-state index in [1.54, 1.807) is 0 Å². The van der Waals surface area contributed by atoms with Gasteiger partial charge in [-0.3, -0.25) is 0 Å². The molecule has 2 nitrogen and oxygen atoms in total. The van der Waals surface area contributed by atoms with Gasteiger partial charge in [0, 0.05) is 0 Å². The summed E-state index contributed by atoms with van der Waals surface area (Å²) in [4.78, 5) is 0. The fraction of sp³-hybridized carbons (Fsp3) is 0.238. The van der Waals surface area contributed by atoms with Crippen LogP contribution in [0.25, 0.3) is 0 Å². The van der Waals surface area contributed by atoms with E-state index in [0.29, 0.717) is 24.3 Å². The molecule has 0 heterocycles. The highest BCUT2D eigenvalue weighted by Crippen LogP contribution is 2.57. The zero-order chi connectivity index (χ0) is 22.0. The number of halogens is 6. The smallest absolute Gasteiger partial charge is 0.411 e. The Balaban J connectivity index is 2.95. The number of phenols is 2. The van der Waals surface area contributed by atoms with E-state index in [2.05, 4.69) is 13.2 Å². The van der Waals surface area contributed by atoms with Gasteiger partial charge in [0.15, 0.2) is 0 Å². The first kappa shape index (κ1) is 22.4. The highest BCUT2D eigenvalue weighted by Gasteiger charge is 2.72. The number of phenolic OH excluding ortho intramolecular Hbond substituents is 2. The van der Waals surface area contributed by atoms with E-state index in [4.69, 9.17) is 0 Å². The minimum atomic E-state index is -5.77. The Bertz CT molecular complexity index is 837. The van der Waals surface area contributed by atoms with E-state index < -0.39 is 40.4 Å². The van der Waals surface area contributed by atoms with Crippen LogP contribution in [-0.4, -0.2) is 22.6 Å². The second kappa shape index (κ2) is 7.85. The van der Waals surface area contributed by atoms with E-state index in [0.717, 1.165) is 12.1 Å². The molecule has 2 rings (SSSR count). The van der Waals surface area contributed by atoms with Crippen molar-refractivity contribution >= 4 is 0 Å². The van der Waals surface area contributed by atoms with Gasteiger partial charge in [-0.05, 0) is 47.2 Å². The molecule has 0 aliphatic heterocycles. The average Bonchev–Trinajstić information content (AvgIpc) is 2.59. The lowest BCUT2D eigenvalue weighted by Gasteiger charge is -2.38. The molecule has 0 unspecified atom stereocenters. The largest absolute Gasteiger partial charge is 0.508 e. The fourth-order valence-electron chi connectivity index (χ4n) is 3.26. The molecule has 0 aliphatic rings. The van der Waals surface area contributed by atoms with Gasteiger partial charge >= 0.3 is 12.4 Å². The van der Waals surface area contributed by atoms with Crippen molar-refractivity contribution in [2.24, 2.45) is 0 Å². The Kier molecular flexibility index (Phi) is 6.06. The topological polar surface area (TPSA) is 40.5 Å². The fourth-order valence-corrected chi connectivity index (χ4v) is 3.26. The number of benzene rings is 2. The molecule has 0 radical (unpaired) electrons. The van der Waals surface area contributed by atoms with Crippen LogP contribution in [0, 0.1) is 0 Å². The maximum Gasteiger partial charge on any atom is 0.411 e. The molecule has 8 heteroatoms. The molecule has 0 spiro atoms. The van der Waals surface area contributed by atoms with Crippen LogP contribution in [0.2, 0.25) is 0 Å². The molecule has 0 atom stereocenters. The Morgan fingerprint density at radius 1 is 0.690 bits per heavy atom. The molecule has 2 aromatic rings. The Morgan fingerprint density at radius 3 is 1.31 bits per heavy atom. The maximum atomic E-state index is 14.2. The quantitative estimate of drug-likeness (QED) is 0.450. The molecule has 0 amide bonds. The van der Waals surface area contributed by atoms with Crippen molar-refractivity contribution in [3.05, 3.63) is 84.0 Å². The Hall–Kier alpha value is -2.90. The van der Waals surface area contributed by atoms with Crippen molar-refractivity contribution in [3.63, 3.8) is 0 Å². The third-order valence-electron chi connectivity index (χ3n) is 4.60. The van der Waals surface area contributed by atoms with Gasteiger partial charge in [0.2, 0.25) is 5.41 Å². The molecule has 0 aliphatic carbocycles. The van der Waals surface area contributed by atoms with Crippen molar-refractivity contribution in [1.29, 1.82) is 0 Å². The maximum absolute atomic E-state index is 14.2. The van der Waals surface area contributed by atoms with Crippen LogP contribution < -0.4 is 0 Å². The standard InChI is InChI=1S/C21H18F6O2/c1-3-5-13-11-15(7-9-17(13)28)19(20(22,23)24,21(25,26)27)16-8-10-18(29)14(12-16)6-4-2/h3-4,7-12,28-29H,1-2,5-6H2. The van der Waals surface area contributed by atoms with Crippen molar-refractivity contribution < 1.29 is 36.6 Å². The second-order valence-electron chi connectivity index (χ2n) is 6.42. The van der Waals surface area contributed by atoms with Crippen molar-refractivity contribution in [3.8, 4) is 11.5 Å². The van der Waals surface area contributed by atoms with Gasteiger partial charge in [0.1, 0.15) is 11.5 Å². The lowest BCUT2D eigenvalue weighted by molar-refractivity contribution is -0.288. The third-order valence-corrected chi connectivity index (χ3v) is 4.60. The van der Waals surface area contributed by atoms with E-state index in [1.165, 1.54) is 12.2 Å². The Morgan fingerprint density at radius 2 is 1.03 bits per heavy atom. The molecule has 0 saturated carbocycles. The van der Waals surface area contributed by atoms with Crippen LogP contribution in [0.5, 0.6) is 11.5 Å². The van der Waals surface area contributed by atoms with Gasteiger partial charge in [-0.2, -0.15) is 26.3 Å². The van der Waals surface area contributed by atoms with Crippen LogP contribution in [-0.2, 0) is 18.3 Å². The summed E-state index contributed by atoms with van der Waals surface area (Å²) < 4.78 is 85.2. The molecular formula is C21H18F6O2. The molecule has 0 bridgehead atoms. The first-order valence-electron chi connectivity index (χ1n) is 8.40. The lowest BCUT2D eigenvalue weighted by Crippen LogP contribution is -2.54. The number of hydrogen-bond donors (Lipinski definition) is 2. The number of alkyl halides is 6. The van der Waals surface area contributed by atoms with Crippen molar-refractivity contribution in [2.75, 3.05) is 0 Å². The molecule has 0 saturated heterocycles. The molecular weight excluding hydrogens is 398 g/mol. The molecule has 0 fully saturated rings. The monoisotopic (exact) mass is 416 g/mol. The minimum absolute atomic E-state index is 0.122. The summed E-state index contributed by atoms with van der Waals surface area (Å²) in [5, 5.41) is 19.6. The number of aromatic hydroxyl groups is 2. The zero-order valence-corrected chi connectivity index (χ0v) is 15.1. The molecule has 2 aromatic carbocycles. The van der Waals surface area contributed by atoms with Crippen LogP contribution in [0.3, 0.4) is 0 Å². The summed E-state index contributed by atoms with van der Waals surface area (Å²) in [5.74, 6) is -0.880. The van der Waals surface area contributed by atoms with Crippen molar-refractivity contribution in [1.82, 2.24) is 0 Å². The third kappa shape index (κ3) is 3.83. The van der Waals surface area contributed by atoms with Crippen LogP contribution in [0.4, 0.5) is 26.3 Å². The summed E-state index contributed by atoms with van der Waals surface area (Å²) in [5.41, 5.74) is -6.81. The summed E-state index contributed by atoms with van der Waals surface area (Å²) in [7, 11) is 0. The van der Waals surface area contributed by atoms with Gasteiger partial charge in [0.25, 0.3) is 0 Å². The average molecular weight is 416 g/mol. The summed E-state index contributed by atoms with van der Waals surface area (Å²) in [6.07, 6.45) is -9.27. The van der Waals surface area contributed by atoms with Gasteiger partial charge in [-0.25, -0.2) is 0 Å². The van der Waals surface area contributed by atoms with Crippen LogP contribution in [0.15, 0.2) is 61.7 Å². The highest BCUT2D eigenvalue weighted by atomic mass is 19.4. The molecule has 156 valence electrons. The van der Waals surface area contributed by atoms with E-state index >= 15 is 0 Å². The van der Waals surface area contributed by atoms with Crippen LogP contribution >= 0.6 is 0 Å². The second-order valence-corrected chi connectivity index (χ2v) is 6.42. The minimum Gasteiger partial charge on any atom is -0.508 e. The SMILES string of the molecule is C=CCc1cc(C(c2ccc(O)c(CC=C)c2)(C(F)(F)F)C(F)(F)F)ccc1O. The van der Waals surface area contributed by atoms with Gasteiger partial charge < -0.3 is 10.2 Å². The zero-order valence-electron chi connectivity index (χ0n) is 15.1. The lowest BCUT2D eigenvalue weighted by atomic mass is 9.72. The van der Waals surface area contributed by atoms with E-state index in [1.807, 2.05) is 0 Å². The highest BCUT2D eigenvalue weighted by molar-refractivity contribution is 5.51. The van der Waals surface area contributed by atoms with Crippen molar-refractivity contribution in [2.45, 2.75) is 30.6 Å². The predicted octanol–water partition coefficient (Wildman–Crippen LogP) is 5.97. The first-order valence-corrected chi connectivity index (χ1v) is 8.40. The van der Waals surface area contributed by atoms with Gasteiger partial charge in [-0.1, -0.05) is 36.4 Å². The van der Waals surface area contributed by atoms with Gasteiger partial charge in [-0.15, -0.1) is 13.2 Å². The number of rotatable bonds is 6. The van der Waals surface area contributed by atoms with E-state index in [9.17, 15) is 36.6 Å². The first-order chi connectivity index (χ1) is 13.4. The number of hydrogen-bond acceptors (Lipinski definition) is 2. The summed E-state index contributed by atoms with van der Waals surface area (Å²) >= 11 is 0. The normalized spacial score (nSPS) is 12.6. The summed E-state index contributed by atoms with van der Waals surface area (Å²) in [6, 6.07) is 4.15. The molecule has 29 heavy (non-hydrogen) atoms. The Labute approximate surface area is 163 Å². The summed E-state index contributed by atoms with van der Waals surface area (Å²) in [6.45, 7) is 6.79. The van der Waals surface area contributed by atoms with E-state index in [-0.39, 0.29) is 24.0 Å². The van der Waals surface area contributed by atoms with Gasteiger partial charge in [0.05, 0.1) is 0 Å². The predicted molar refractivity (Wildman–Crippen MR) is 96.9 cm³/mol. The molecule has 2 N–H and O–H groups in total. The number of allylic oxidation sites excluding steroid dienone is 2. The molecule has 0 aromatic heterocycles.